The number of rotatable bonds is 11. The molecule has 30 heavy (non-hydrogen) atoms. The summed E-state index contributed by atoms with van der Waals surface area (Å²) in [4.78, 5) is 27.9. The minimum Gasteiger partial charge on any atom is -0.395 e. The molecule has 0 aliphatic heterocycles. The van der Waals surface area contributed by atoms with Crippen molar-refractivity contribution in [2.24, 2.45) is 5.92 Å². The molecule has 1 unspecified atom stereocenters. The lowest BCUT2D eigenvalue weighted by Gasteiger charge is -2.29. The van der Waals surface area contributed by atoms with Crippen LogP contribution in [0.4, 0.5) is 4.39 Å². The number of carbonyl (C=O) groups is 2. The maximum Gasteiger partial charge on any atom is 0.247 e. The van der Waals surface area contributed by atoms with E-state index in [9.17, 15) is 19.1 Å². The first kappa shape index (κ1) is 23.4. The standard InChI is InChI=1S/C20H29FN6O3/c1-4-17(20(30)22-10-9-14(2)3)26(11-12-28)18(29)13-27-24-19(23-25-27)15-5-7-16(21)8-6-15/h5-8,14,17,28H,4,9-13H2,1-3H3,(H,22,30). The van der Waals surface area contributed by atoms with Gasteiger partial charge in [-0.2, -0.15) is 4.80 Å². The van der Waals surface area contributed by atoms with Crippen LogP contribution in [0.15, 0.2) is 24.3 Å². The van der Waals surface area contributed by atoms with E-state index in [4.69, 9.17) is 0 Å². The molecule has 1 aromatic carbocycles. The SMILES string of the molecule is CCC(C(=O)NCCC(C)C)N(CCO)C(=O)Cn1nnc(-c2ccc(F)cc2)n1. The number of aromatic nitrogens is 4. The molecule has 0 saturated heterocycles. The molecule has 2 N–H and O–H groups in total. The van der Waals surface area contributed by atoms with Gasteiger partial charge in [0.15, 0.2) is 0 Å². The smallest absolute Gasteiger partial charge is 0.247 e. The summed E-state index contributed by atoms with van der Waals surface area (Å²) in [6.07, 6.45) is 1.25. The highest BCUT2D eigenvalue weighted by Gasteiger charge is 2.28. The lowest BCUT2D eigenvalue weighted by atomic mass is 10.1. The van der Waals surface area contributed by atoms with E-state index in [1.807, 2.05) is 6.92 Å². The van der Waals surface area contributed by atoms with Crippen LogP contribution < -0.4 is 5.32 Å². The highest BCUT2D eigenvalue weighted by molar-refractivity contribution is 5.87. The number of hydrogen-bond acceptors (Lipinski definition) is 6. The van der Waals surface area contributed by atoms with Gasteiger partial charge >= 0.3 is 0 Å². The fourth-order valence-electron chi connectivity index (χ4n) is 2.95. The predicted molar refractivity (Wildman–Crippen MR) is 109 cm³/mol. The van der Waals surface area contributed by atoms with E-state index in [2.05, 4.69) is 34.6 Å². The Morgan fingerprint density at radius 2 is 1.97 bits per heavy atom. The van der Waals surface area contributed by atoms with Crippen LogP contribution >= 0.6 is 0 Å². The summed E-state index contributed by atoms with van der Waals surface area (Å²) < 4.78 is 13.1. The number of carbonyl (C=O) groups excluding carboxylic acids is 2. The minimum absolute atomic E-state index is 0.0223. The molecule has 0 spiro atoms. The Hall–Kier alpha value is -2.88. The third-order valence-electron chi connectivity index (χ3n) is 4.58. The molecular weight excluding hydrogens is 391 g/mol. The van der Waals surface area contributed by atoms with Crippen molar-refractivity contribution in [2.75, 3.05) is 19.7 Å². The van der Waals surface area contributed by atoms with Gasteiger partial charge in [-0.05, 0) is 48.2 Å². The van der Waals surface area contributed by atoms with Crippen LogP contribution in [-0.4, -0.2) is 67.8 Å². The van der Waals surface area contributed by atoms with Gasteiger partial charge in [0.05, 0.1) is 6.61 Å². The van der Waals surface area contributed by atoms with E-state index in [-0.39, 0.29) is 37.2 Å². The van der Waals surface area contributed by atoms with Crippen molar-refractivity contribution in [1.82, 2.24) is 30.4 Å². The Morgan fingerprint density at radius 3 is 2.57 bits per heavy atom. The zero-order chi connectivity index (χ0) is 22.1. The Kier molecular flexibility index (Phi) is 8.85. The molecule has 9 nitrogen and oxygen atoms in total. The van der Waals surface area contributed by atoms with Crippen LogP contribution in [0.5, 0.6) is 0 Å². The number of aliphatic hydroxyl groups excluding tert-OH is 1. The molecular formula is C20H29FN6O3. The van der Waals surface area contributed by atoms with Crippen LogP contribution in [0, 0.1) is 11.7 Å². The van der Waals surface area contributed by atoms with Crippen LogP contribution in [0.2, 0.25) is 0 Å². The third kappa shape index (κ3) is 6.58. The van der Waals surface area contributed by atoms with Crippen molar-refractivity contribution < 1.29 is 19.1 Å². The van der Waals surface area contributed by atoms with Crippen molar-refractivity contribution in [1.29, 1.82) is 0 Å². The summed E-state index contributed by atoms with van der Waals surface area (Å²) in [6, 6.07) is 4.91. The van der Waals surface area contributed by atoms with Gasteiger partial charge in [0.25, 0.3) is 0 Å². The van der Waals surface area contributed by atoms with Gasteiger partial charge in [0, 0.05) is 18.7 Å². The van der Waals surface area contributed by atoms with E-state index in [1.54, 1.807) is 0 Å². The first-order valence-corrected chi connectivity index (χ1v) is 10.1. The van der Waals surface area contributed by atoms with Crippen LogP contribution in [0.1, 0.15) is 33.6 Å². The Labute approximate surface area is 175 Å². The van der Waals surface area contributed by atoms with Crippen molar-refractivity contribution in [3.05, 3.63) is 30.1 Å². The second-order valence-electron chi connectivity index (χ2n) is 7.36. The van der Waals surface area contributed by atoms with Gasteiger partial charge in [-0.1, -0.05) is 20.8 Å². The molecule has 1 atom stereocenters. The lowest BCUT2D eigenvalue weighted by Crippen LogP contribution is -2.51. The first-order chi connectivity index (χ1) is 14.3. The Morgan fingerprint density at radius 1 is 1.27 bits per heavy atom. The van der Waals surface area contributed by atoms with E-state index in [1.165, 1.54) is 29.2 Å². The van der Waals surface area contributed by atoms with E-state index >= 15 is 0 Å². The molecule has 0 aliphatic rings. The number of benzene rings is 1. The molecule has 0 bridgehead atoms. The molecule has 1 heterocycles. The number of nitrogens with one attached hydrogen (secondary N) is 1. The molecule has 1 aromatic heterocycles. The van der Waals surface area contributed by atoms with Gasteiger partial charge in [0.2, 0.25) is 17.6 Å². The summed E-state index contributed by atoms with van der Waals surface area (Å²) in [5.74, 6) is -0.320. The van der Waals surface area contributed by atoms with E-state index < -0.39 is 11.9 Å². The third-order valence-corrected chi connectivity index (χ3v) is 4.58. The summed E-state index contributed by atoms with van der Waals surface area (Å²) in [6.45, 7) is 5.99. The molecule has 2 aromatic rings. The molecule has 164 valence electrons. The van der Waals surface area contributed by atoms with E-state index in [0.717, 1.165) is 11.2 Å². The minimum atomic E-state index is -0.697. The molecule has 0 aliphatic carbocycles. The average Bonchev–Trinajstić information content (AvgIpc) is 3.16. The first-order valence-electron chi connectivity index (χ1n) is 10.1. The second-order valence-corrected chi connectivity index (χ2v) is 7.36. The van der Waals surface area contributed by atoms with Gasteiger partial charge in [-0.3, -0.25) is 9.59 Å². The van der Waals surface area contributed by atoms with Gasteiger partial charge in [-0.25, -0.2) is 4.39 Å². The van der Waals surface area contributed by atoms with Crippen molar-refractivity contribution >= 4 is 11.8 Å². The van der Waals surface area contributed by atoms with Gasteiger partial charge in [0.1, 0.15) is 18.4 Å². The molecule has 2 amide bonds. The fraction of sp³-hybridized carbons (Fsp3) is 0.550. The molecule has 0 fully saturated rings. The number of nitrogens with zero attached hydrogens (tertiary/aromatic N) is 5. The predicted octanol–water partition coefficient (Wildman–Crippen LogP) is 1.24. The van der Waals surface area contributed by atoms with Crippen LogP contribution in [0.25, 0.3) is 11.4 Å². The largest absolute Gasteiger partial charge is 0.395 e. The number of hydrogen-bond donors (Lipinski definition) is 2. The molecule has 2 rings (SSSR count). The summed E-state index contributed by atoms with van der Waals surface area (Å²) in [5, 5.41) is 24.2. The van der Waals surface area contributed by atoms with Crippen molar-refractivity contribution in [3.63, 3.8) is 0 Å². The van der Waals surface area contributed by atoms with Gasteiger partial charge < -0.3 is 15.3 Å². The maximum absolute atomic E-state index is 13.1. The number of amides is 2. The van der Waals surface area contributed by atoms with Crippen LogP contribution in [-0.2, 0) is 16.1 Å². The van der Waals surface area contributed by atoms with Crippen molar-refractivity contribution in [2.45, 2.75) is 46.2 Å². The Balaban J connectivity index is 2.06. The number of halogens is 1. The topological polar surface area (TPSA) is 113 Å². The summed E-state index contributed by atoms with van der Waals surface area (Å²) in [7, 11) is 0. The average molecular weight is 420 g/mol. The molecule has 10 heteroatoms. The monoisotopic (exact) mass is 420 g/mol. The maximum atomic E-state index is 13.1. The zero-order valence-corrected chi connectivity index (χ0v) is 17.6. The Bertz CT molecular complexity index is 824. The highest BCUT2D eigenvalue weighted by atomic mass is 19.1. The normalized spacial score (nSPS) is 12.1. The highest BCUT2D eigenvalue weighted by Crippen LogP contribution is 2.14. The fourth-order valence-corrected chi connectivity index (χ4v) is 2.95. The molecule has 0 radical (unpaired) electrons. The number of aliphatic hydroxyl groups is 1. The zero-order valence-electron chi connectivity index (χ0n) is 17.6. The van der Waals surface area contributed by atoms with Crippen LogP contribution in [0.3, 0.4) is 0 Å². The van der Waals surface area contributed by atoms with Crippen molar-refractivity contribution in [3.8, 4) is 11.4 Å². The van der Waals surface area contributed by atoms with E-state index in [0.29, 0.717) is 24.4 Å². The summed E-state index contributed by atoms with van der Waals surface area (Å²) in [5.41, 5.74) is 0.568. The lowest BCUT2D eigenvalue weighted by molar-refractivity contribution is -0.142. The quantitative estimate of drug-likeness (QED) is 0.566. The van der Waals surface area contributed by atoms with Gasteiger partial charge in [-0.15, -0.1) is 10.2 Å². The second kappa shape index (κ2) is 11.3. The number of tetrazole rings is 1. The molecule has 0 saturated carbocycles. The summed E-state index contributed by atoms with van der Waals surface area (Å²) >= 11 is 0.